The van der Waals surface area contributed by atoms with Gasteiger partial charge in [-0.1, -0.05) is 25.1 Å². The van der Waals surface area contributed by atoms with Crippen LogP contribution in [0.25, 0.3) is 0 Å². The summed E-state index contributed by atoms with van der Waals surface area (Å²) in [5.74, 6) is 0. The topological polar surface area (TPSA) is 38.0 Å². The highest BCUT2D eigenvalue weighted by atomic mass is 32.1. The summed E-state index contributed by atoms with van der Waals surface area (Å²) in [4.78, 5) is 1.42. The molecule has 3 heteroatoms. The minimum absolute atomic E-state index is 0.361. The fraction of sp³-hybridized carbons (Fsp3) is 0.333. The lowest BCUT2D eigenvalue weighted by molar-refractivity contribution is 0.557. The molecule has 1 aromatic heterocycles. The van der Waals surface area contributed by atoms with Crippen LogP contribution in [0.3, 0.4) is 0 Å². The van der Waals surface area contributed by atoms with Gasteiger partial charge in [0.2, 0.25) is 0 Å². The number of nitrogen functional groups attached to an aromatic ring is 1. The van der Waals surface area contributed by atoms with Crippen LogP contribution in [0.15, 0.2) is 35.7 Å². The van der Waals surface area contributed by atoms with Crippen molar-refractivity contribution in [3.05, 3.63) is 51.7 Å². The van der Waals surface area contributed by atoms with Crippen LogP contribution < -0.4 is 11.1 Å². The zero-order valence-electron chi connectivity index (χ0n) is 10.9. The van der Waals surface area contributed by atoms with E-state index in [1.54, 1.807) is 0 Å². The number of hydrogen-bond donors (Lipinski definition) is 2. The molecular formula is C15H20N2S. The van der Waals surface area contributed by atoms with Gasteiger partial charge in [-0.3, -0.25) is 0 Å². The van der Waals surface area contributed by atoms with Crippen molar-refractivity contribution in [3.8, 4) is 0 Å². The maximum absolute atomic E-state index is 6.03. The van der Waals surface area contributed by atoms with Crippen LogP contribution in [0.5, 0.6) is 0 Å². The fourth-order valence-electron chi connectivity index (χ4n) is 2.19. The highest BCUT2D eigenvalue weighted by Gasteiger charge is 2.15. The first-order chi connectivity index (χ1) is 8.72. The van der Waals surface area contributed by atoms with Crippen molar-refractivity contribution in [3.63, 3.8) is 0 Å². The number of nitrogens with one attached hydrogen (secondary N) is 1. The van der Waals surface area contributed by atoms with Crippen molar-refractivity contribution < 1.29 is 0 Å². The second kappa shape index (κ2) is 6.03. The standard InChI is InChI=1S/C15H20N2S/c1-3-17-14(15-11(2)8-9-18-15)10-12-6-4-5-7-13(12)16/h4-9,14,17H,3,10,16H2,1-2H3/t14-/m0/s1. The molecule has 2 aromatic rings. The van der Waals surface area contributed by atoms with Crippen molar-refractivity contribution in [2.75, 3.05) is 12.3 Å². The van der Waals surface area contributed by atoms with Gasteiger partial charge < -0.3 is 11.1 Å². The molecule has 0 bridgehead atoms. The number of nitrogens with two attached hydrogens (primary N) is 1. The van der Waals surface area contributed by atoms with Crippen molar-refractivity contribution in [1.29, 1.82) is 0 Å². The average Bonchev–Trinajstić information content (AvgIpc) is 2.78. The molecule has 0 saturated heterocycles. The highest BCUT2D eigenvalue weighted by molar-refractivity contribution is 7.10. The van der Waals surface area contributed by atoms with Gasteiger partial charge in [0.05, 0.1) is 0 Å². The molecule has 1 aromatic carbocycles. The summed E-state index contributed by atoms with van der Waals surface area (Å²) >= 11 is 1.82. The predicted molar refractivity (Wildman–Crippen MR) is 80.0 cm³/mol. The highest BCUT2D eigenvalue weighted by Crippen LogP contribution is 2.28. The number of thiophene rings is 1. The zero-order valence-corrected chi connectivity index (χ0v) is 11.8. The smallest absolute Gasteiger partial charge is 0.0459 e. The molecule has 3 N–H and O–H groups in total. The molecule has 0 saturated carbocycles. The third kappa shape index (κ3) is 2.92. The molecule has 1 atom stereocenters. The summed E-state index contributed by atoms with van der Waals surface area (Å²) in [6, 6.07) is 10.7. The van der Waals surface area contributed by atoms with E-state index in [4.69, 9.17) is 5.73 Å². The Morgan fingerprint density at radius 3 is 2.67 bits per heavy atom. The molecule has 0 spiro atoms. The lowest BCUT2D eigenvalue weighted by atomic mass is 10.0. The number of anilines is 1. The van der Waals surface area contributed by atoms with Gasteiger partial charge in [0.15, 0.2) is 0 Å². The normalized spacial score (nSPS) is 12.6. The molecular weight excluding hydrogens is 240 g/mol. The van der Waals surface area contributed by atoms with Crippen LogP contribution in [0.4, 0.5) is 5.69 Å². The second-order valence-corrected chi connectivity index (χ2v) is 5.43. The Morgan fingerprint density at radius 1 is 1.28 bits per heavy atom. The fourth-order valence-corrected chi connectivity index (χ4v) is 3.19. The molecule has 2 nitrogen and oxygen atoms in total. The molecule has 0 unspecified atom stereocenters. The van der Waals surface area contributed by atoms with Gasteiger partial charge in [0.25, 0.3) is 0 Å². The van der Waals surface area contributed by atoms with Crippen LogP contribution in [0.1, 0.15) is 29.0 Å². The SMILES string of the molecule is CCN[C@@H](Cc1ccccc1N)c1sccc1C. The maximum Gasteiger partial charge on any atom is 0.0459 e. The molecule has 0 radical (unpaired) electrons. The van der Waals surface area contributed by atoms with Gasteiger partial charge in [-0.25, -0.2) is 0 Å². The van der Waals surface area contributed by atoms with Gasteiger partial charge in [-0.15, -0.1) is 11.3 Å². The molecule has 1 heterocycles. The zero-order chi connectivity index (χ0) is 13.0. The van der Waals surface area contributed by atoms with E-state index in [0.29, 0.717) is 6.04 Å². The molecule has 0 aliphatic heterocycles. The maximum atomic E-state index is 6.03. The molecule has 96 valence electrons. The summed E-state index contributed by atoms with van der Waals surface area (Å²) in [7, 11) is 0. The molecule has 0 fully saturated rings. The van der Waals surface area contributed by atoms with Gasteiger partial charge in [0, 0.05) is 16.6 Å². The third-order valence-electron chi connectivity index (χ3n) is 3.15. The number of rotatable bonds is 5. The number of hydrogen-bond acceptors (Lipinski definition) is 3. The summed E-state index contributed by atoms with van der Waals surface area (Å²) in [5.41, 5.74) is 9.50. The lowest BCUT2D eigenvalue weighted by Crippen LogP contribution is -2.23. The minimum atomic E-state index is 0.361. The molecule has 0 aliphatic carbocycles. The Kier molecular flexibility index (Phi) is 4.39. The van der Waals surface area contributed by atoms with Gasteiger partial charge in [-0.2, -0.15) is 0 Å². The number of benzene rings is 1. The molecule has 18 heavy (non-hydrogen) atoms. The van der Waals surface area contributed by atoms with Crippen LogP contribution in [-0.4, -0.2) is 6.54 Å². The van der Waals surface area contributed by atoms with Crippen LogP contribution in [-0.2, 0) is 6.42 Å². The summed E-state index contributed by atoms with van der Waals surface area (Å²) in [6.07, 6.45) is 0.946. The Morgan fingerprint density at radius 2 is 2.06 bits per heavy atom. The van der Waals surface area contributed by atoms with E-state index < -0.39 is 0 Å². The van der Waals surface area contributed by atoms with E-state index in [0.717, 1.165) is 18.7 Å². The predicted octanol–water partition coefficient (Wildman–Crippen LogP) is 3.53. The average molecular weight is 260 g/mol. The van der Waals surface area contributed by atoms with Gasteiger partial charge >= 0.3 is 0 Å². The quantitative estimate of drug-likeness (QED) is 0.807. The van der Waals surface area contributed by atoms with E-state index >= 15 is 0 Å². The van der Waals surface area contributed by atoms with Crippen molar-refractivity contribution in [2.24, 2.45) is 0 Å². The largest absolute Gasteiger partial charge is 0.399 e. The summed E-state index contributed by atoms with van der Waals surface area (Å²) < 4.78 is 0. The Labute approximate surface area is 113 Å². The third-order valence-corrected chi connectivity index (χ3v) is 4.28. The van der Waals surface area contributed by atoms with E-state index in [1.807, 2.05) is 23.5 Å². The minimum Gasteiger partial charge on any atom is -0.399 e. The van der Waals surface area contributed by atoms with E-state index in [2.05, 4.69) is 42.7 Å². The van der Waals surface area contributed by atoms with E-state index in [9.17, 15) is 0 Å². The second-order valence-electron chi connectivity index (χ2n) is 4.48. The van der Waals surface area contributed by atoms with Gasteiger partial charge in [0.1, 0.15) is 0 Å². The van der Waals surface area contributed by atoms with Crippen molar-refractivity contribution in [1.82, 2.24) is 5.32 Å². The van der Waals surface area contributed by atoms with Crippen LogP contribution in [0, 0.1) is 6.92 Å². The summed E-state index contributed by atoms with van der Waals surface area (Å²) in [5, 5.41) is 5.71. The lowest BCUT2D eigenvalue weighted by Gasteiger charge is -2.18. The first-order valence-corrected chi connectivity index (χ1v) is 7.21. The van der Waals surface area contributed by atoms with Crippen LogP contribution in [0.2, 0.25) is 0 Å². The monoisotopic (exact) mass is 260 g/mol. The molecule has 0 amide bonds. The number of likely N-dealkylation sites (N-methyl/N-ethyl adjacent to an activating group) is 1. The van der Waals surface area contributed by atoms with E-state index in [1.165, 1.54) is 16.0 Å². The first-order valence-electron chi connectivity index (χ1n) is 6.33. The Bertz CT molecular complexity index is 505. The van der Waals surface area contributed by atoms with Crippen molar-refractivity contribution >= 4 is 17.0 Å². The van der Waals surface area contributed by atoms with E-state index in [-0.39, 0.29) is 0 Å². The van der Waals surface area contributed by atoms with Crippen LogP contribution >= 0.6 is 11.3 Å². The van der Waals surface area contributed by atoms with Gasteiger partial charge in [-0.05, 0) is 48.5 Å². The summed E-state index contributed by atoms with van der Waals surface area (Å²) in [6.45, 7) is 5.28. The molecule has 0 aliphatic rings. The Hall–Kier alpha value is -1.32. The van der Waals surface area contributed by atoms with Crippen molar-refractivity contribution in [2.45, 2.75) is 26.3 Å². The Balaban J connectivity index is 2.22. The number of para-hydroxylation sites is 1. The molecule has 2 rings (SSSR count). The number of aryl methyl sites for hydroxylation is 1. The first kappa shape index (κ1) is 13.1.